The van der Waals surface area contributed by atoms with E-state index in [1.165, 1.54) is 12.1 Å². The largest absolute Gasteiger partial charge is 0.418 e. The van der Waals surface area contributed by atoms with Gasteiger partial charge in [-0.25, -0.2) is 0 Å². The standard InChI is InChI=1S/C14H19F3N2/c1-18-10-6-8-11(9-7-10)19-13-5-3-2-4-12(13)14(15,16)17/h2-5,10-11,18-19H,6-9H2,1H3. The van der Waals surface area contributed by atoms with Gasteiger partial charge >= 0.3 is 6.18 Å². The molecule has 2 rings (SSSR count). The maximum Gasteiger partial charge on any atom is 0.418 e. The molecule has 1 saturated carbocycles. The van der Waals surface area contributed by atoms with Crippen molar-refractivity contribution in [1.82, 2.24) is 5.32 Å². The molecular weight excluding hydrogens is 253 g/mol. The van der Waals surface area contributed by atoms with E-state index in [0.29, 0.717) is 6.04 Å². The van der Waals surface area contributed by atoms with Crippen LogP contribution in [0.5, 0.6) is 0 Å². The molecule has 5 heteroatoms. The third kappa shape index (κ3) is 3.62. The second-order valence-corrected chi connectivity index (χ2v) is 5.02. The fourth-order valence-corrected chi connectivity index (χ4v) is 2.60. The van der Waals surface area contributed by atoms with E-state index in [1.807, 2.05) is 7.05 Å². The molecule has 1 aromatic rings. The molecule has 1 aliphatic rings. The molecule has 1 aliphatic carbocycles. The zero-order chi connectivity index (χ0) is 13.9. The molecule has 0 radical (unpaired) electrons. The van der Waals surface area contributed by atoms with Crippen LogP contribution in [0.25, 0.3) is 0 Å². The van der Waals surface area contributed by atoms with Gasteiger partial charge in [0, 0.05) is 17.8 Å². The summed E-state index contributed by atoms with van der Waals surface area (Å²) in [4.78, 5) is 0. The van der Waals surface area contributed by atoms with Gasteiger partial charge < -0.3 is 10.6 Å². The van der Waals surface area contributed by atoms with Crippen molar-refractivity contribution in [1.29, 1.82) is 0 Å². The van der Waals surface area contributed by atoms with Crippen molar-refractivity contribution >= 4 is 5.69 Å². The topological polar surface area (TPSA) is 24.1 Å². The predicted molar refractivity (Wildman–Crippen MR) is 70.2 cm³/mol. The summed E-state index contributed by atoms with van der Waals surface area (Å²) >= 11 is 0. The van der Waals surface area contributed by atoms with Crippen molar-refractivity contribution < 1.29 is 13.2 Å². The Bertz CT molecular complexity index is 409. The molecule has 2 nitrogen and oxygen atoms in total. The highest BCUT2D eigenvalue weighted by Gasteiger charge is 2.33. The van der Waals surface area contributed by atoms with E-state index in [9.17, 15) is 13.2 Å². The Labute approximate surface area is 111 Å². The quantitative estimate of drug-likeness (QED) is 0.877. The van der Waals surface area contributed by atoms with Gasteiger partial charge in [0.25, 0.3) is 0 Å². The van der Waals surface area contributed by atoms with Crippen LogP contribution >= 0.6 is 0 Å². The first-order valence-electron chi connectivity index (χ1n) is 6.60. The van der Waals surface area contributed by atoms with Gasteiger partial charge in [0.2, 0.25) is 0 Å². The number of nitrogens with one attached hydrogen (secondary N) is 2. The monoisotopic (exact) mass is 272 g/mol. The van der Waals surface area contributed by atoms with Crippen LogP contribution in [0.2, 0.25) is 0 Å². The lowest BCUT2D eigenvalue weighted by atomic mass is 9.91. The molecule has 0 amide bonds. The van der Waals surface area contributed by atoms with Crippen LogP contribution in [0, 0.1) is 0 Å². The predicted octanol–water partition coefficient (Wildman–Crippen LogP) is 3.65. The molecule has 0 aromatic heterocycles. The number of hydrogen-bond acceptors (Lipinski definition) is 2. The average molecular weight is 272 g/mol. The first kappa shape index (κ1) is 14.2. The van der Waals surface area contributed by atoms with Crippen molar-refractivity contribution in [2.45, 2.75) is 43.9 Å². The smallest absolute Gasteiger partial charge is 0.382 e. The van der Waals surface area contributed by atoms with Crippen molar-refractivity contribution in [3.8, 4) is 0 Å². The van der Waals surface area contributed by atoms with Crippen LogP contribution in [-0.2, 0) is 6.18 Å². The Morgan fingerprint density at radius 3 is 2.16 bits per heavy atom. The number of hydrogen-bond donors (Lipinski definition) is 2. The lowest BCUT2D eigenvalue weighted by Crippen LogP contribution is -2.35. The van der Waals surface area contributed by atoms with Gasteiger partial charge in [-0.1, -0.05) is 12.1 Å². The molecule has 1 aromatic carbocycles. The molecular formula is C14H19F3N2. The SMILES string of the molecule is CNC1CCC(Nc2ccccc2C(F)(F)F)CC1. The molecule has 0 spiro atoms. The van der Waals surface area contributed by atoms with E-state index in [2.05, 4.69) is 10.6 Å². The van der Waals surface area contributed by atoms with Crippen molar-refractivity contribution in [3.05, 3.63) is 29.8 Å². The fraction of sp³-hybridized carbons (Fsp3) is 0.571. The van der Waals surface area contributed by atoms with Gasteiger partial charge in [-0.05, 0) is 44.9 Å². The summed E-state index contributed by atoms with van der Waals surface area (Å²) in [5.74, 6) is 0. The van der Waals surface area contributed by atoms with Crippen LogP contribution in [-0.4, -0.2) is 19.1 Å². The highest BCUT2D eigenvalue weighted by Crippen LogP contribution is 2.35. The summed E-state index contributed by atoms with van der Waals surface area (Å²) in [6, 6.07) is 6.32. The highest BCUT2D eigenvalue weighted by molar-refractivity contribution is 5.53. The van der Waals surface area contributed by atoms with E-state index in [-0.39, 0.29) is 11.7 Å². The minimum atomic E-state index is -4.30. The second kappa shape index (κ2) is 5.82. The van der Waals surface area contributed by atoms with Gasteiger partial charge in [0.15, 0.2) is 0 Å². The molecule has 0 saturated heterocycles. The molecule has 0 aliphatic heterocycles. The maximum absolute atomic E-state index is 12.9. The number of benzene rings is 1. The van der Waals surface area contributed by atoms with Gasteiger partial charge in [-0.15, -0.1) is 0 Å². The molecule has 0 bridgehead atoms. The van der Waals surface area contributed by atoms with Crippen LogP contribution < -0.4 is 10.6 Å². The van der Waals surface area contributed by atoms with Crippen LogP contribution in [0.15, 0.2) is 24.3 Å². The van der Waals surface area contributed by atoms with E-state index < -0.39 is 11.7 Å². The Morgan fingerprint density at radius 1 is 1.00 bits per heavy atom. The average Bonchev–Trinajstić information content (AvgIpc) is 2.39. The fourth-order valence-electron chi connectivity index (χ4n) is 2.60. The molecule has 0 unspecified atom stereocenters. The summed E-state index contributed by atoms with van der Waals surface area (Å²) < 4.78 is 38.6. The minimum absolute atomic E-state index is 0.132. The van der Waals surface area contributed by atoms with Gasteiger partial charge in [0.05, 0.1) is 5.56 Å². The van der Waals surface area contributed by atoms with E-state index >= 15 is 0 Å². The summed E-state index contributed by atoms with van der Waals surface area (Å²) in [6.45, 7) is 0. The number of para-hydroxylation sites is 1. The Balaban J connectivity index is 2.04. The molecule has 0 atom stereocenters. The summed E-state index contributed by atoms with van der Waals surface area (Å²) in [7, 11) is 1.93. The maximum atomic E-state index is 12.9. The van der Waals surface area contributed by atoms with Gasteiger partial charge in [-0.3, -0.25) is 0 Å². The number of rotatable bonds is 3. The van der Waals surface area contributed by atoms with E-state index in [1.54, 1.807) is 6.07 Å². The zero-order valence-electron chi connectivity index (χ0n) is 10.9. The van der Waals surface area contributed by atoms with Crippen molar-refractivity contribution in [2.75, 3.05) is 12.4 Å². The molecule has 2 N–H and O–H groups in total. The Morgan fingerprint density at radius 2 is 1.58 bits per heavy atom. The Hall–Kier alpha value is -1.23. The normalized spacial score (nSPS) is 24.2. The molecule has 106 valence electrons. The summed E-state index contributed by atoms with van der Waals surface area (Å²) in [5.41, 5.74) is -0.381. The van der Waals surface area contributed by atoms with Crippen LogP contribution in [0.3, 0.4) is 0 Å². The summed E-state index contributed by atoms with van der Waals surface area (Å²) in [6.07, 6.45) is -0.494. The highest BCUT2D eigenvalue weighted by atomic mass is 19.4. The van der Waals surface area contributed by atoms with E-state index in [0.717, 1.165) is 31.7 Å². The second-order valence-electron chi connectivity index (χ2n) is 5.02. The molecule has 1 fully saturated rings. The van der Waals surface area contributed by atoms with Crippen LogP contribution in [0.4, 0.5) is 18.9 Å². The lowest BCUT2D eigenvalue weighted by Gasteiger charge is -2.30. The number of halogens is 3. The van der Waals surface area contributed by atoms with Crippen molar-refractivity contribution in [2.24, 2.45) is 0 Å². The summed E-state index contributed by atoms with van der Waals surface area (Å²) in [5, 5.41) is 6.27. The number of alkyl halides is 3. The van der Waals surface area contributed by atoms with E-state index in [4.69, 9.17) is 0 Å². The van der Waals surface area contributed by atoms with Gasteiger partial charge in [-0.2, -0.15) is 13.2 Å². The number of anilines is 1. The zero-order valence-corrected chi connectivity index (χ0v) is 10.9. The first-order valence-corrected chi connectivity index (χ1v) is 6.60. The first-order chi connectivity index (χ1) is 9.00. The molecule has 19 heavy (non-hydrogen) atoms. The van der Waals surface area contributed by atoms with Crippen LogP contribution in [0.1, 0.15) is 31.2 Å². The minimum Gasteiger partial charge on any atom is -0.382 e. The molecule has 0 heterocycles. The Kier molecular flexibility index (Phi) is 4.34. The third-order valence-corrected chi connectivity index (χ3v) is 3.73. The lowest BCUT2D eigenvalue weighted by molar-refractivity contribution is -0.137. The van der Waals surface area contributed by atoms with Gasteiger partial charge in [0.1, 0.15) is 0 Å². The third-order valence-electron chi connectivity index (χ3n) is 3.73. The van der Waals surface area contributed by atoms with Crippen molar-refractivity contribution in [3.63, 3.8) is 0 Å².